The molecule has 0 bridgehead atoms. The smallest absolute Gasteiger partial charge is 0.0136 e. The Kier molecular flexibility index (Phi) is 0.926. The van der Waals surface area contributed by atoms with Gasteiger partial charge in [0.2, 0.25) is 0 Å². The standard InChI is InChI=1S/C5H9N/c6-4-5-2-1-3-5/h2H,1,3-4,6H2. The van der Waals surface area contributed by atoms with E-state index in [4.69, 9.17) is 5.73 Å². The minimum absolute atomic E-state index is 0.778. The molecule has 0 radical (unpaired) electrons. The van der Waals surface area contributed by atoms with Gasteiger partial charge in [-0.25, -0.2) is 0 Å². The van der Waals surface area contributed by atoms with Crippen molar-refractivity contribution in [3.8, 4) is 0 Å². The zero-order valence-electron chi connectivity index (χ0n) is 3.78. The second kappa shape index (κ2) is 1.43. The molecular formula is C5H9N. The van der Waals surface area contributed by atoms with Crippen LogP contribution in [0, 0.1) is 0 Å². The first-order chi connectivity index (χ1) is 2.93. The fraction of sp³-hybridized carbons (Fsp3) is 0.600. The van der Waals surface area contributed by atoms with Crippen molar-refractivity contribution in [1.29, 1.82) is 0 Å². The van der Waals surface area contributed by atoms with Crippen LogP contribution < -0.4 is 5.73 Å². The van der Waals surface area contributed by atoms with E-state index in [-0.39, 0.29) is 0 Å². The SMILES string of the molecule is NCC1=CCC1. The lowest BCUT2D eigenvalue weighted by Crippen LogP contribution is -2.07. The van der Waals surface area contributed by atoms with Crippen molar-refractivity contribution in [2.45, 2.75) is 12.8 Å². The van der Waals surface area contributed by atoms with Crippen LogP contribution in [0.4, 0.5) is 0 Å². The average molecular weight is 83.1 g/mol. The lowest BCUT2D eigenvalue weighted by atomic mass is 10.00. The molecule has 0 amide bonds. The van der Waals surface area contributed by atoms with E-state index in [1.54, 1.807) is 0 Å². The van der Waals surface area contributed by atoms with Crippen molar-refractivity contribution in [2.24, 2.45) is 5.73 Å². The molecule has 6 heavy (non-hydrogen) atoms. The van der Waals surface area contributed by atoms with Crippen LogP contribution in [-0.2, 0) is 0 Å². The topological polar surface area (TPSA) is 26.0 Å². The Balaban J connectivity index is 2.32. The van der Waals surface area contributed by atoms with Gasteiger partial charge < -0.3 is 5.73 Å². The minimum atomic E-state index is 0.778. The molecule has 0 unspecified atom stereocenters. The molecule has 0 saturated heterocycles. The van der Waals surface area contributed by atoms with Crippen LogP contribution in [0.3, 0.4) is 0 Å². The molecule has 2 N–H and O–H groups in total. The van der Waals surface area contributed by atoms with Gasteiger partial charge in [0.1, 0.15) is 0 Å². The van der Waals surface area contributed by atoms with E-state index in [0.29, 0.717) is 0 Å². The van der Waals surface area contributed by atoms with E-state index >= 15 is 0 Å². The number of rotatable bonds is 1. The van der Waals surface area contributed by atoms with Crippen molar-refractivity contribution in [1.82, 2.24) is 0 Å². The first kappa shape index (κ1) is 3.88. The Bertz CT molecular complexity index is 74.0. The monoisotopic (exact) mass is 83.1 g/mol. The van der Waals surface area contributed by atoms with E-state index in [0.717, 1.165) is 6.54 Å². The highest BCUT2D eigenvalue weighted by molar-refractivity contribution is 5.12. The lowest BCUT2D eigenvalue weighted by molar-refractivity contribution is 0.836. The van der Waals surface area contributed by atoms with Crippen LogP contribution in [0.2, 0.25) is 0 Å². The lowest BCUT2D eigenvalue weighted by Gasteiger charge is -2.09. The summed E-state index contributed by atoms with van der Waals surface area (Å²) in [7, 11) is 0. The van der Waals surface area contributed by atoms with Crippen LogP contribution >= 0.6 is 0 Å². The maximum absolute atomic E-state index is 5.27. The van der Waals surface area contributed by atoms with E-state index < -0.39 is 0 Å². The zero-order valence-corrected chi connectivity index (χ0v) is 3.78. The van der Waals surface area contributed by atoms with Gasteiger partial charge >= 0.3 is 0 Å². The van der Waals surface area contributed by atoms with Gasteiger partial charge in [-0.2, -0.15) is 0 Å². The molecule has 0 spiro atoms. The molecule has 34 valence electrons. The average Bonchev–Trinajstić information content (AvgIpc) is 1.31. The molecule has 0 fully saturated rings. The summed E-state index contributed by atoms with van der Waals surface area (Å²) in [6, 6.07) is 0. The third kappa shape index (κ3) is 0.455. The predicted octanol–water partition coefficient (Wildman–Crippen LogP) is 0.665. The summed E-state index contributed by atoms with van der Waals surface area (Å²) < 4.78 is 0. The van der Waals surface area contributed by atoms with Gasteiger partial charge in [-0.3, -0.25) is 0 Å². The van der Waals surface area contributed by atoms with Crippen molar-refractivity contribution < 1.29 is 0 Å². The normalized spacial score (nSPS) is 19.2. The first-order valence-corrected chi connectivity index (χ1v) is 2.31. The molecule has 0 aromatic rings. The van der Waals surface area contributed by atoms with Crippen LogP contribution in [0.25, 0.3) is 0 Å². The maximum Gasteiger partial charge on any atom is 0.0136 e. The van der Waals surface area contributed by atoms with Crippen molar-refractivity contribution >= 4 is 0 Å². The van der Waals surface area contributed by atoms with Gasteiger partial charge in [-0.05, 0) is 12.8 Å². The van der Waals surface area contributed by atoms with Gasteiger partial charge in [0.25, 0.3) is 0 Å². The second-order valence-corrected chi connectivity index (χ2v) is 1.61. The highest BCUT2D eigenvalue weighted by atomic mass is 14.5. The Morgan fingerprint density at radius 3 is 2.50 bits per heavy atom. The molecule has 1 rings (SSSR count). The second-order valence-electron chi connectivity index (χ2n) is 1.61. The van der Waals surface area contributed by atoms with E-state index in [1.807, 2.05) is 0 Å². The predicted molar refractivity (Wildman–Crippen MR) is 26.4 cm³/mol. The fourth-order valence-electron chi connectivity index (χ4n) is 0.534. The third-order valence-electron chi connectivity index (χ3n) is 1.16. The van der Waals surface area contributed by atoms with Gasteiger partial charge in [-0.1, -0.05) is 11.6 Å². The van der Waals surface area contributed by atoms with Crippen LogP contribution in [0.15, 0.2) is 11.6 Å². The summed E-state index contributed by atoms with van der Waals surface area (Å²) >= 11 is 0. The third-order valence-corrected chi connectivity index (χ3v) is 1.16. The molecule has 0 aromatic heterocycles. The molecule has 1 heteroatoms. The van der Waals surface area contributed by atoms with Gasteiger partial charge in [0, 0.05) is 6.54 Å². The summed E-state index contributed by atoms with van der Waals surface area (Å²) in [4.78, 5) is 0. The summed E-state index contributed by atoms with van der Waals surface area (Å²) in [6.45, 7) is 0.778. The number of hydrogen-bond acceptors (Lipinski definition) is 1. The van der Waals surface area contributed by atoms with Crippen LogP contribution in [0.1, 0.15) is 12.8 Å². The van der Waals surface area contributed by atoms with Crippen molar-refractivity contribution in [3.05, 3.63) is 11.6 Å². The van der Waals surface area contributed by atoms with Crippen molar-refractivity contribution in [3.63, 3.8) is 0 Å². The largest absolute Gasteiger partial charge is 0.327 e. The summed E-state index contributed by atoms with van der Waals surface area (Å²) in [5.74, 6) is 0. The van der Waals surface area contributed by atoms with Gasteiger partial charge in [0.05, 0.1) is 0 Å². The first-order valence-electron chi connectivity index (χ1n) is 2.31. The number of nitrogens with two attached hydrogens (primary N) is 1. The molecule has 0 atom stereocenters. The molecule has 1 aliphatic carbocycles. The van der Waals surface area contributed by atoms with Gasteiger partial charge in [-0.15, -0.1) is 0 Å². The molecule has 0 saturated carbocycles. The molecule has 1 aliphatic rings. The molecular weight excluding hydrogens is 74.1 g/mol. The summed E-state index contributed by atoms with van der Waals surface area (Å²) in [6.07, 6.45) is 4.70. The Hall–Kier alpha value is -0.300. The Morgan fingerprint density at radius 2 is 2.50 bits per heavy atom. The van der Waals surface area contributed by atoms with Crippen LogP contribution in [0.5, 0.6) is 0 Å². The fourth-order valence-corrected chi connectivity index (χ4v) is 0.534. The molecule has 0 aliphatic heterocycles. The number of hydrogen-bond donors (Lipinski definition) is 1. The van der Waals surface area contributed by atoms with E-state index in [9.17, 15) is 0 Å². The minimum Gasteiger partial charge on any atom is -0.327 e. The quantitative estimate of drug-likeness (QED) is 0.463. The highest BCUT2D eigenvalue weighted by Crippen LogP contribution is 2.14. The van der Waals surface area contributed by atoms with E-state index in [2.05, 4.69) is 6.08 Å². The van der Waals surface area contributed by atoms with E-state index in [1.165, 1.54) is 18.4 Å². The Labute approximate surface area is 37.8 Å². The van der Waals surface area contributed by atoms with Crippen molar-refractivity contribution in [2.75, 3.05) is 6.54 Å². The van der Waals surface area contributed by atoms with Gasteiger partial charge in [0.15, 0.2) is 0 Å². The zero-order chi connectivity index (χ0) is 4.41. The molecule has 0 heterocycles. The highest BCUT2D eigenvalue weighted by Gasteiger charge is 1.99. The Morgan fingerprint density at radius 1 is 1.83 bits per heavy atom. The summed E-state index contributed by atoms with van der Waals surface area (Å²) in [5.41, 5.74) is 6.69. The maximum atomic E-state index is 5.27. The summed E-state index contributed by atoms with van der Waals surface area (Å²) in [5, 5.41) is 0. The molecule has 0 aromatic carbocycles. The van der Waals surface area contributed by atoms with Crippen LogP contribution in [-0.4, -0.2) is 6.54 Å². The molecule has 1 nitrogen and oxygen atoms in total. The number of allylic oxidation sites excluding steroid dienone is 1.